The first-order valence-corrected chi connectivity index (χ1v) is 26.9. The van der Waals surface area contributed by atoms with E-state index in [0.29, 0.717) is 13.2 Å². The molecule has 2 nitrogen and oxygen atoms in total. The Labute approximate surface area is 388 Å². The number of hydrogen-bond acceptors (Lipinski definition) is 2. The van der Waals surface area contributed by atoms with Gasteiger partial charge in [0.25, 0.3) is 0 Å². The Morgan fingerprint density at radius 1 is 0.197 bits per heavy atom. The molecule has 34 rings (SSSR count). The van der Waals surface area contributed by atoms with Gasteiger partial charge in [-0.05, 0) is 351 Å². The van der Waals surface area contributed by atoms with Gasteiger partial charge in [-0.2, -0.15) is 0 Å². The Kier molecular flexibility index (Phi) is 2.29. The van der Waals surface area contributed by atoms with Crippen molar-refractivity contribution in [3.63, 3.8) is 0 Å². The van der Waals surface area contributed by atoms with Crippen molar-refractivity contribution in [1.29, 1.82) is 0 Å². The Hall–Kier alpha value is -7.88. The maximum absolute atomic E-state index is 6.96. The van der Waals surface area contributed by atoms with Gasteiger partial charge >= 0.3 is 0 Å². The maximum atomic E-state index is 6.96. The lowest BCUT2D eigenvalue weighted by Crippen LogP contribution is -2.54. The fourth-order valence-corrected chi connectivity index (χ4v) is 26.0. The SMILES string of the molecule is CC1(C)OCC2=C(CO1)CC13c4c5c6c7c8c9c(c%10c%11c1c1c4c4c%12c5c5c6c6c8c8c%13c9c9c%10c%10c%11c%11c1c1c4c4c%12c%12c5c5c6c8c6c8c%13c9c9c%10c%10c%11c1c1c4c4c%12c5c6c5c8c9c%10c1c45)C73C2. The molecule has 2 heteroatoms. The lowest BCUT2D eigenvalue weighted by molar-refractivity contribution is -0.197. The maximum Gasteiger partial charge on any atom is 0.163 e. The van der Waals surface area contributed by atoms with Gasteiger partial charge in [0.15, 0.2) is 5.79 Å². The summed E-state index contributed by atoms with van der Waals surface area (Å²) in [6, 6.07) is 0. The standard InChI is InChI=1S/C69H14O2/c1-67(2)70-5-7-3-68-63-55-47-37-27-19-11-9-10-13-17-15(11)23-31-25(17)35-29-21(13)22-14(10)18-16-12(9)20(19)28-34-24(16)32-26(18)36-30(22)40-39(29)49-43(35)53-45(31)51(41(47)33(23)27)59(63)61(53)65-57(49)58-50(40)44(36)54-46(32)52-42(34)48(38(28)37)56(55)64(68)60(52)62(54)66(58)69(65,68)4-8(7)6-71-67/h3-6H2,1-2H3. The molecule has 0 saturated carbocycles. The van der Waals surface area contributed by atoms with Crippen LogP contribution in [0.25, 0.3) is 291 Å². The molecule has 0 atom stereocenters. The molecule has 71 heavy (non-hydrogen) atoms. The highest BCUT2D eigenvalue weighted by molar-refractivity contribution is 6.82. The normalized spacial score (nSPS) is 24.6. The van der Waals surface area contributed by atoms with Crippen molar-refractivity contribution >= 4 is 291 Å². The van der Waals surface area contributed by atoms with Crippen molar-refractivity contribution < 1.29 is 9.47 Å². The van der Waals surface area contributed by atoms with E-state index >= 15 is 0 Å². The van der Waals surface area contributed by atoms with Gasteiger partial charge in [-0.3, -0.25) is 0 Å². The second-order valence-corrected chi connectivity index (χ2v) is 27.1. The summed E-state index contributed by atoms with van der Waals surface area (Å²) in [5, 5.41) is 90.1. The average molecular weight is 875 g/mol. The average Bonchev–Trinajstić information content (AvgIpc) is 4.12. The van der Waals surface area contributed by atoms with Gasteiger partial charge in [-0.25, -0.2) is 0 Å². The van der Waals surface area contributed by atoms with Crippen molar-refractivity contribution in [3.8, 4) is 0 Å². The molecular weight excluding hydrogens is 861 g/mol. The summed E-state index contributed by atoms with van der Waals surface area (Å²) in [5.74, 6) is -0.628. The molecule has 2 spiro atoms. The Morgan fingerprint density at radius 3 is 0.465 bits per heavy atom. The van der Waals surface area contributed by atoms with E-state index in [1.54, 1.807) is 324 Å². The third kappa shape index (κ3) is 1.47. The van der Waals surface area contributed by atoms with Gasteiger partial charge < -0.3 is 9.47 Å². The van der Waals surface area contributed by atoms with Crippen LogP contribution in [0.2, 0.25) is 0 Å². The van der Waals surface area contributed by atoms with Crippen LogP contribution in [-0.4, -0.2) is 19.0 Å². The van der Waals surface area contributed by atoms with E-state index in [2.05, 4.69) is 13.8 Å². The predicted octanol–water partition coefficient (Wildman–Crippen LogP) is 18.2. The van der Waals surface area contributed by atoms with Crippen molar-refractivity contribution in [2.24, 2.45) is 0 Å². The van der Waals surface area contributed by atoms with Gasteiger partial charge in [-0.15, -0.1) is 0 Å². The zero-order valence-corrected chi connectivity index (χ0v) is 37.1. The van der Waals surface area contributed by atoms with Crippen LogP contribution in [-0.2, 0) is 20.3 Å². The van der Waals surface area contributed by atoms with E-state index in [4.69, 9.17) is 9.47 Å². The summed E-state index contributed by atoms with van der Waals surface area (Å²) in [7, 11) is 0. The molecule has 1 aliphatic heterocycles. The molecule has 5 aliphatic carbocycles. The highest BCUT2D eigenvalue weighted by atomic mass is 16.7. The fourth-order valence-electron chi connectivity index (χ4n) is 26.0. The van der Waals surface area contributed by atoms with Crippen LogP contribution in [0.1, 0.15) is 48.9 Å². The highest BCUT2D eigenvalue weighted by Crippen LogP contribution is 2.86. The third-order valence-corrected chi connectivity index (χ3v) is 26.3. The molecule has 0 unspecified atom stereocenters. The van der Waals surface area contributed by atoms with Crippen LogP contribution < -0.4 is 0 Å². The minimum absolute atomic E-state index is 0.255. The van der Waals surface area contributed by atoms with Crippen LogP contribution in [0.4, 0.5) is 0 Å². The third-order valence-electron chi connectivity index (χ3n) is 26.3. The molecular formula is C69H14O2. The first-order chi connectivity index (χ1) is 35.1. The molecule has 302 valence electrons. The molecule has 0 aromatic heterocycles. The van der Waals surface area contributed by atoms with Gasteiger partial charge in [0.05, 0.1) is 13.2 Å². The van der Waals surface area contributed by atoms with Crippen LogP contribution in [0.5, 0.6) is 0 Å². The number of ether oxygens (including phenoxy) is 2. The molecule has 6 aliphatic rings. The first-order valence-electron chi connectivity index (χ1n) is 26.9. The highest BCUT2D eigenvalue weighted by Gasteiger charge is 2.71. The quantitative estimate of drug-likeness (QED) is 0.112. The molecule has 0 radical (unpaired) electrons. The molecule has 0 N–H and O–H groups in total. The second-order valence-electron chi connectivity index (χ2n) is 27.1. The summed E-state index contributed by atoms with van der Waals surface area (Å²) in [6.45, 7) is 5.65. The smallest absolute Gasteiger partial charge is 0.163 e. The lowest BCUT2D eigenvalue weighted by atomic mass is 9.43. The minimum Gasteiger partial charge on any atom is -0.346 e. The monoisotopic (exact) mass is 874 g/mol. The van der Waals surface area contributed by atoms with Gasteiger partial charge in [0, 0.05) is 10.8 Å². The molecule has 28 aromatic rings. The Morgan fingerprint density at radius 2 is 0.324 bits per heavy atom. The second kappa shape index (κ2) is 6.03. The molecule has 0 amide bonds. The molecule has 0 bridgehead atoms. The van der Waals surface area contributed by atoms with Crippen molar-refractivity contribution in [2.45, 2.75) is 43.3 Å². The van der Waals surface area contributed by atoms with Crippen LogP contribution in [0.3, 0.4) is 0 Å². The van der Waals surface area contributed by atoms with E-state index in [1.807, 2.05) is 0 Å². The van der Waals surface area contributed by atoms with Gasteiger partial charge in [0.2, 0.25) is 0 Å². The number of hydrogen-bond donors (Lipinski definition) is 0. The fraction of sp³-hybridized carbons (Fsp3) is 0.130. The van der Waals surface area contributed by atoms with Crippen LogP contribution in [0.15, 0.2) is 11.1 Å². The minimum atomic E-state index is -0.628. The van der Waals surface area contributed by atoms with Crippen molar-refractivity contribution in [3.05, 3.63) is 33.4 Å². The van der Waals surface area contributed by atoms with Crippen molar-refractivity contribution in [1.82, 2.24) is 0 Å². The molecule has 1 heterocycles. The van der Waals surface area contributed by atoms with E-state index in [0.717, 1.165) is 12.8 Å². The van der Waals surface area contributed by atoms with E-state index < -0.39 is 5.79 Å². The summed E-state index contributed by atoms with van der Waals surface area (Å²) in [6.07, 6.45) is 2.05. The summed E-state index contributed by atoms with van der Waals surface area (Å²) in [5.41, 5.74) is 9.64. The van der Waals surface area contributed by atoms with Gasteiger partial charge in [-0.1, -0.05) is 0 Å². The summed E-state index contributed by atoms with van der Waals surface area (Å²) in [4.78, 5) is 0. The first kappa shape index (κ1) is 26.9. The largest absolute Gasteiger partial charge is 0.346 e. The Bertz CT molecular complexity index is 6730. The number of benzene rings is 18. The zero-order valence-electron chi connectivity index (χ0n) is 37.1. The lowest BCUT2D eigenvalue weighted by Gasteiger charge is -2.57. The zero-order chi connectivity index (χ0) is 42.4. The van der Waals surface area contributed by atoms with E-state index in [9.17, 15) is 0 Å². The van der Waals surface area contributed by atoms with Crippen LogP contribution >= 0.6 is 0 Å². The predicted molar refractivity (Wildman–Crippen MR) is 296 cm³/mol. The van der Waals surface area contributed by atoms with E-state index in [1.165, 1.54) is 0 Å². The Balaban J connectivity index is 1.14. The summed E-state index contributed by atoms with van der Waals surface area (Å²) >= 11 is 0. The number of rotatable bonds is 0. The summed E-state index contributed by atoms with van der Waals surface area (Å²) < 4.78 is 13.9. The molecule has 0 fully saturated rings. The van der Waals surface area contributed by atoms with Gasteiger partial charge in [0.1, 0.15) is 0 Å². The van der Waals surface area contributed by atoms with Crippen molar-refractivity contribution in [2.75, 3.05) is 13.2 Å². The van der Waals surface area contributed by atoms with E-state index in [-0.39, 0.29) is 10.8 Å². The van der Waals surface area contributed by atoms with Crippen LogP contribution in [0, 0.1) is 0 Å². The molecule has 28 aromatic carbocycles. The topological polar surface area (TPSA) is 18.5 Å². The molecule has 0 saturated heterocycles.